The lowest BCUT2D eigenvalue weighted by Crippen LogP contribution is -2.35. The van der Waals surface area contributed by atoms with Gasteiger partial charge < -0.3 is 15.8 Å². The molecule has 1 aromatic heterocycles. The van der Waals surface area contributed by atoms with E-state index >= 15 is 0 Å². The van der Waals surface area contributed by atoms with Crippen LogP contribution >= 0.6 is 0 Å². The molecule has 0 aliphatic heterocycles. The van der Waals surface area contributed by atoms with Crippen LogP contribution in [0.4, 0.5) is 33.9 Å². The fourth-order valence-corrected chi connectivity index (χ4v) is 2.67. The number of carbonyl (C=O) groups excluding carboxylic acids is 2. The summed E-state index contributed by atoms with van der Waals surface area (Å²) >= 11 is 0. The Morgan fingerprint density at radius 1 is 1.00 bits per heavy atom. The van der Waals surface area contributed by atoms with Crippen molar-refractivity contribution in [3.8, 4) is 11.5 Å². The molecule has 0 saturated heterocycles. The second kappa shape index (κ2) is 9.33. The maximum atomic E-state index is 13.5. The van der Waals surface area contributed by atoms with Gasteiger partial charge in [-0.15, -0.1) is 0 Å². The van der Waals surface area contributed by atoms with Crippen LogP contribution in [0, 0.1) is 5.82 Å². The molecule has 1 heterocycles. The van der Waals surface area contributed by atoms with Gasteiger partial charge in [-0.2, -0.15) is 13.2 Å². The molecule has 0 aliphatic carbocycles. The molecule has 0 radical (unpaired) electrons. The first-order valence-electron chi connectivity index (χ1n) is 9.06. The first kappa shape index (κ1) is 22.5. The Morgan fingerprint density at radius 3 is 2.34 bits per heavy atom. The van der Waals surface area contributed by atoms with Crippen molar-refractivity contribution in [1.29, 1.82) is 0 Å². The molecule has 166 valence electrons. The molecule has 0 bridgehead atoms. The van der Waals surface area contributed by atoms with Crippen molar-refractivity contribution in [3.63, 3.8) is 0 Å². The van der Waals surface area contributed by atoms with Gasteiger partial charge >= 0.3 is 12.2 Å². The van der Waals surface area contributed by atoms with Crippen molar-refractivity contribution in [2.75, 3.05) is 11.1 Å². The molecule has 4 N–H and O–H groups in total. The number of halogens is 4. The Kier molecular flexibility index (Phi) is 6.57. The first-order chi connectivity index (χ1) is 15.1. The molecule has 7 nitrogen and oxygen atoms in total. The maximum absolute atomic E-state index is 13.5. The highest BCUT2D eigenvalue weighted by atomic mass is 19.4. The number of nitrogens with one attached hydrogen (secondary N) is 2. The van der Waals surface area contributed by atoms with Gasteiger partial charge in [-0.3, -0.25) is 10.1 Å². The molecule has 0 fully saturated rings. The number of carbonyl (C=O) groups is 2. The third-order valence-electron chi connectivity index (χ3n) is 4.06. The Bertz CT molecular complexity index is 1130. The lowest BCUT2D eigenvalue weighted by atomic mass is 10.1. The van der Waals surface area contributed by atoms with Crippen LogP contribution in [0.5, 0.6) is 11.5 Å². The summed E-state index contributed by atoms with van der Waals surface area (Å²) in [5.41, 5.74) is 4.18. The molecule has 32 heavy (non-hydrogen) atoms. The summed E-state index contributed by atoms with van der Waals surface area (Å²) in [6.45, 7) is 0. The van der Waals surface area contributed by atoms with Gasteiger partial charge in [-0.05, 0) is 42.0 Å². The zero-order valence-corrected chi connectivity index (χ0v) is 16.2. The second-order valence-corrected chi connectivity index (χ2v) is 6.53. The molecular formula is C21H16F4N4O3. The number of rotatable bonds is 5. The lowest BCUT2D eigenvalue weighted by molar-refractivity contribution is -0.137. The Labute approximate surface area is 179 Å². The minimum absolute atomic E-state index is 0.124. The molecule has 3 amide bonds. The van der Waals surface area contributed by atoms with Crippen LogP contribution in [-0.2, 0) is 17.4 Å². The predicted octanol–water partition coefficient (Wildman–Crippen LogP) is 4.50. The molecule has 0 atom stereocenters. The van der Waals surface area contributed by atoms with E-state index in [9.17, 15) is 27.2 Å². The fourth-order valence-electron chi connectivity index (χ4n) is 2.67. The van der Waals surface area contributed by atoms with Gasteiger partial charge in [0.1, 0.15) is 23.1 Å². The highest BCUT2D eigenvalue weighted by Gasteiger charge is 2.34. The number of pyridine rings is 1. The third-order valence-corrected chi connectivity index (χ3v) is 4.06. The summed E-state index contributed by atoms with van der Waals surface area (Å²) in [6, 6.07) is 9.48. The normalized spacial score (nSPS) is 11.0. The summed E-state index contributed by atoms with van der Waals surface area (Å²) in [4.78, 5) is 27.7. The number of amides is 3. The van der Waals surface area contributed by atoms with E-state index in [1.54, 1.807) is 0 Å². The molecule has 2 aromatic carbocycles. The Morgan fingerprint density at radius 2 is 1.69 bits per heavy atom. The monoisotopic (exact) mass is 448 g/mol. The summed E-state index contributed by atoms with van der Waals surface area (Å²) in [5.74, 6) is -1.13. The van der Waals surface area contributed by atoms with E-state index in [4.69, 9.17) is 10.5 Å². The number of anilines is 2. The molecule has 3 aromatic rings. The summed E-state index contributed by atoms with van der Waals surface area (Å²) in [6.07, 6.45) is -3.75. The number of imide groups is 1. The minimum Gasteiger partial charge on any atom is -0.457 e. The number of nitrogens with zero attached hydrogens (tertiary/aromatic N) is 1. The van der Waals surface area contributed by atoms with E-state index in [1.165, 1.54) is 36.5 Å². The number of nitrogens with two attached hydrogens (primary N) is 1. The molecule has 0 aliphatic rings. The topological polar surface area (TPSA) is 106 Å². The van der Waals surface area contributed by atoms with Gasteiger partial charge in [0.2, 0.25) is 5.91 Å². The van der Waals surface area contributed by atoms with Crippen LogP contribution in [-0.4, -0.2) is 16.9 Å². The van der Waals surface area contributed by atoms with Crippen molar-refractivity contribution in [2.45, 2.75) is 12.6 Å². The lowest BCUT2D eigenvalue weighted by Gasteiger charge is -2.16. The van der Waals surface area contributed by atoms with E-state index in [0.29, 0.717) is 11.6 Å². The molecular weight excluding hydrogens is 432 g/mol. The highest BCUT2D eigenvalue weighted by Crippen LogP contribution is 2.38. The Balaban J connectivity index is 1.71. The number of urea groups is 1. The highest BCUT2D eigenvalue weighted by molar-refractivity contribution is 6.02. The predicted molar refractivity (Wildman–Crippen MR) is 107 cm³/mol. The van der Waals surface area contributed by atoms with Crippen LogP contribution in [0.1, 0.15) is 11.1 Å². The van der Waals surface area contributed by atoms with Crippen LogP contribution in [0.2, 0.25) is 0 Å². The van der Waals surface area contributed by atoms with E-state index in [-0.39, 0.29) is 23.7 Å². The van der Waals surface area contributed by atoms with Crippen molar-refractivity contribution in [2.24, 2.45) is 0 Å². The quantitative estimate of drug-likeness (QED) is 0.498. The zero-order valence-electron chi connectivity index (χ0n) is 16.2. The molecule has 0 unspecified atom stereocenters. The largest absolute Gasteiger partial charge is 0.457 e. The number of nitrogen functional groups attached to an aromatic ring is 1. The van der Waals surface area contributed by atoms with Gasteiger partial charge in [0.25, 0.3) is 0 Å². The number of aromatic nitrogens is 1. The van der Waals surface area contributed by atoms with Gasteiger partial charge in [0, 0.05) is 12.3 Å². The fraction of sp³-hybridized carbons (Fsp3) is 0.0952. The van der Waals surface area contributed by atoms with Crippen molar-refractivity contribution in [3.05, 3.63) is 77.7 Å². The second-order valence-electron chi connectivity index (χ2n) is 6.53. The van der Waals surface area contributed by atoms with Crippen LogP contribution in [0.15, 0.2) is 60.8 Å². The van der Waals surface area contributed by atoms with E-state index in [1.807, 2.05) is 10.6 Å². The van der Waals surface area contributed by atoms with Gasteiger partial charge in [0.15, 0.2) is 0 Å². The maximum Gasteiger partial charge on any atom is 0.418 e. The number of hydrogen-bond donors (Lipinski definition) is 3. The van der Waals surface area contributed by atoms with Gasteiger partial charge in [-0.25, -0.2) is 14.2 Å². The molecule has 11 heteroatoms. The summed E-state index contributed by atoms with van der Waals surface area (Å²) in [7, 11) is 0. The van der Waals surface area contributed by atoms with Crippen molar-refractivity contribution in [1.82, 2.24) is 10.3 Å². The number of hydrogen-bond acceptors (Lipinski definition) is 5. The van der Waals surface area contributed by atoms with E-state index in [2.05, 4.69) is 4.98 Å². The first-order valence-corrected chi connectivity index (χ1v) is 9.06. The van der Waals surface area contributed by atoms with Gasteiger partial charge in [0.05, 0.1) is 17.7 Å². The SMILES string of the molecule is Nc1cc(Oc2ccc(NC(=O)NC(=O)Cc3ccc(F)cc3)c(C(F)(F)F)c2)ccn1. The summed E-state index contributed by atoms with van der Waals surface area (Å²) < 4.78 is 58.8. The molecule has 0 saturated carbocycles. The third kappa shape index (κ3) is 6.17. The average Bonchev–Trinajstić information content (AvgIpc) is 2.70. The minimum atomic E-state index is -4.82. The van der Waals surface area contributed by atoms with Crippen molar-refractivity contribution < 1.29 is 31.9 Å². The number of benzene rings is 2. The number of alkyl halides is 3. The molecule has 3 rings (SSSR count). The molecule has 0 spiro atoms. The van der Waals surface area contributed by atoms with Crippen LogP contribution < -0.4 is 21.1 Å². The van der Waals surface area contributed by atoms with Crippen LogP contribution in [0.25, 0.3) is 0 Å². The summed E-state index contributed by atoms with van der Waals surface area (Å²) in [5, 5.41) is 3.94. The smallest absolute Gasteiger partial charge is 0.418 e. The standard InChI is InChI=1S/C21H16F4N4O3/c22-13-3-1-12(2-4-13)9-19(30)29-20(31)28-17-6-5-14(10-16(17)21(23,24)25)32-15-7-8-27-18(26)11-15/h1-8,10-11H,9H2,(H2,26,27)(H2,28,29,30,31). The zero-order chi connectivity index (χ0) is 23.3. The average molecular weight is 448 g/mol. The Hall–Kier alpha value is -4.15. The van der Waals surface area contributed by atoms with Gasteiger partial charge in [-0.1, -0.05) is 12.1 Å². The van der Waals surface area contributed by atoms with E-state index < -0.39 is 35.2 Å². The van der Waals surface area contributed by atoms with Crippen molar-refractivity contribution >= 4 is 23.4 Å². The van der Waals surface area contributed by atoms with E-state index in [0.717, 1.165) is 18.2 Å². The van der Waals surface area contributed by atoms with Crippen LogP contribution in [0.3, 0.4) is 0 Å². The number of ether oxygens (including phenoxy) is 1.